The summed E-state index contributed by atoms with van der Waals surface area (Å²) in [6.45, 7) is 0. The van der Waals surface area contributed by atoms with Crippen molar-refractivity contribution >= 4 is 17.8 Å². The number of unbranched alkanes of at least 4 members (excludes halogenated alkanes) is 2. The van der Waals surface area contributed by atoms with Crippen LogP contribution in [0.1, 0.15) is 74.5 Å². The molecule has 0 heterocycles. The zero-order valence-corrected chi connectivity index (χ0v) is 21.5. The fourth-order valence-corrected chi connectivity index (χ4v) is 4.24. The molecule has 0 fully saturated rings. The number of hydrogen-bond donors (Lipinski definition) is 3. The maximum absolute atomic E-state index is 12.0. The molecule has 0 unspecified atom stereocenters. The lowest BCUT2D eigenvalue weighted by Gasteiger charge is -2.12. The molecule has 0 spiro atoms. The molecule has 0 saturated carbocycles. The summed E-state index contributed by atoms with van der Waals surface area (Å²) in [5.74, 6) is 10.3. The highest BCUT2D eigenvalue weighted by atomic mass is 16.4. The summed E-state index contributed by atoms with van der Waals surface area (Å²) in [5.41, 5.74) is 5.43. The van der Waals surface area contributed by atoms with Crippen LogP contribution in [0.3, 0.4) is 0 Å². The molecule has 0 radical (unpaired) electrons. The number of aliphatic carboxylic acids is 2. The second-order valence-electron chi connectivity index (χ2n) is 9.35. The minimum atomic E-state index is -1.40. The van der Waals surface area contributed by atoms with Gasteiger partial charge in [0, 0.05) is 28.7 Å². The molecule has 2 aromatic rings. The van der Waals surface area contributed by atoms with Gasteiger partial charge >= 0.3 is 11.9 Å². The van der Waals surface area contributed by atoms with Crippen molar-refractivity contribution in [2.45, 2.75) is 70.3 Å². The highest BCUT2D eigenvalue weighted by Gasteiger charge is 2.22. The van der Waals surface area contributed by atoms with E-state index in [1.165, 1.54) is 5.56 Å². The molecule has 6 heteroatoms. The van der Waals surface area contributed by atoms with Gasteiger partial charge < -0.3 is 15.5 Å². The molecule has 6 nitrogen and oxygen atoms in total. The quantitative estimate of drug-likeness (QED) is 0.304. The van der Waals surface area contributed by atoms with Crippen molar-refractivity contribution in [3.05, 3.63) is 82.4 Å². The predicted octanol–water partition coefficient (Wildman–Crippen LogP) is 5.11. The van der Waals surface area contributed by atoms with Crippen LogP contribution in [0, 0.1) is 23.7 Å². The van der Waals surface area contributed by atoms with E-state index in [4.69, 9.17) is 10.2 Å². The van der Waals surface area contributed by atoms with Crippen molar-refractivity contribution in [3.63, 3.8) is 0 Å². The highest BCUT2D eigenvalue weighted by molar-refractivity contribution is 5.86. The number of carboxylic acids is 2. The molecule has 3 N–H and O–H groups in total. The molecule has 1 aliphatic rings. The number of benzene rings is 2. The zero-order valence-electron chi connectivity index (χ0n) is 21.5. The van der Waals surface area contributed by atoms with Crippen molar-refractivity contribution in [1.82, 2.24) is 5.32 Å². The van der Waals surface area contributed by atoms with Gasteiger partial charge in [0.25, 0.3) is 0 Å². The van der Waals surface area contributed by atoms with E-state index >= 15 is 0 Å². The lowest BCUT2D eigenvalue weighted by atomic mass is 9.92. The van der Waals surface area contributed by atoms with Gasteiger partial charge in [-0.2, -0.15) is 0 Å². The molecular weight excluding hydrogens is 478 g/mol. The minimum Gasteiger partial charge on any atom is -0.481 e. The first-order valence-electron chi connectivity index (χ1n) is 13.0. The number of rotatable bonds is 10. The van der Waals surface area contributed by atoms with Crippen LogP contribution in [-0.2, 0) is 20.8 Å². The molecule has 38 heavy (non-hydrogen) atoms. The smallest absolute Gasteiger partial charge is 0.326 e. The van der Waals surface area contributed by atoms with Gasteiger partial charge in [0.1, 0.15) is 6.04 Å². The second-order valence-corrected chi connectivity index (χ2v) is 9.35. The van der Waals surface area contributed by atoms with Crippen molar-refractivity contribution in [1.29, 1.82) is 0 Å². The van der Waals surface area contributed by atoms with Crippen molar-refractivity contribution < 1.29 is 24.6 Å². The summed E-state index contributed by atoms with van der Waals surface area (Å²) >= 11 is 0. The fraction of sp³-hybridized carbons (Fsp3) is 0.344. The number of carbonyl (C=O) groups is 3. The van der Waals surface area contributed by atoms with E-state index in [1.807, 2.05) is 42.5 Å². The van der Waals surface area contributed by atoms with Gasteiger partial charge in [-0.25, -0.2) is 4.79 Å². The average molecular weight is 512 g/mol. The molecule has 0 aliphatic heterocycles. The Bertz CT molecular complexity index is 1290. The van der Waals surface area contributed by atoms with Crippen molar-refractivity contribution in [2.75, 3.05) is 0 Å². The number of hydrogen-bond acceptors (Lipinski definition) is 3. The van der Waals surface area contributed by atoms with Gasteiger partial charge in [-0.05, 0) is 74.8 Å². The lowest BCUT2D eigenvalue weighted by Crippen LogP contribution is -2.42. The van der Waals surface area contributed by atoms with E-state index in [1.54, 1.807) is 0 Å². The standard InChI is InChI=1S/C32H33NO5/c34-30(33-29(32(37)38)23-31(35)36)17-6-2-5-12-25-13-9-14-26(22-25)19-21-28-16-8-7-15-27(28)20-18-24-10-3-1-4-11-24/h1,3-4,9-11,13-14,22,29H,2,5-8,12,15-17,23H2,(H,33,34)(H,35,36)(H,37,38)/t29-/m0/s1. The highest BCUT2D eigenvalue weighted by Crippen LogP contribution is 2.24. The zero-order chi connectivity index (χ0) is 27.2. The van der Waals surface area contributed by atoms with E-state index in [2.05, 4.69) is 41.1 Å². The summed E-state index contributed by atoms with van der Waals surface area (Å²) in [4.78, 5) is 33.8. The minimum absolute atomic E-state index is 0.166. The normalized spacial score (nSPS) is 13.4. The Morgan fingerprint density at radius 2 is 1.45 bits per heavy atom. The largest absolute Gasteiger partial charge is 0.481 e. The van der Waals surface area contributed by atoms with Gasteiger partial charge in [-0.1, -0.05) is 60.4 Å². The summed E-state index contributed by atoms with van der Waals surface area (Å²) in [6.07, 6.45) is 6.87. The number of carbonyl (C=O) groups excluding carboxylic acids is 1. The summed E-state index contributed by atoms with van der Waals surface area (Å²) in [7, 11) is 0. The first kappa shape index (κ1) is 28.3. The van der Waals surface area contributed by atoms with Crippen LogP contribution < -0.4 is 5.32 Å². The summed E-state index contributed by atoms with van der Waals surface area (Å²) in [5, 5.41) is 20.1. The Labute approximate surface area is 224 Å². The van der Waals surface area contributed by atoms with E-state index in [0.717, 1.165) is 67.2 Å². The second kappa shape index (κ2) is 15.1. The van der Waals surface area contributed by atoms with E-state index in [-0.39, 0.29) is 6.42 Å². The Balaban J connectivity index is 1.50. The third-order valence-corrected chi connectivity index (χ3v) is 6.27. The molecular formula is C32H33NO5. The Hall–Kier alpha value is -4.29. The van der Waals surface area contributed by atoms with Crippen LogP contribution in [0.15, 0.2) is 65.7 Å². The summed E-state index contributed by atoms with van der Waals surface area (Å²) in [6, 6.07) is 16.8. The maximum Gasteiger partial charge on any atom is 0.326 e. The van der Waals surface area contributed by atoms with Crippen LogP contribution in [0.25, 0.3) is 0 Å². The molecule has 0 bridgehead atoms. The van der Waals surface area contributed by atoms with Crippen LogP contribution in [0.4, 0.5) is 0 Å². The first-order valence-corrected chi connectivity index (χ1v) is 13.0. The van der Waals surface area contributed by atoms with E-state index in [9.17, 15) is 14.4 Å². The topological polar surface area (TPSA) is 104 Å². The molecule has 0 saturated heterocycles. The van der Waals surface area contributed by atoms with Gasteiger partial charge in [0.2, 0.25) is 5.91 Å². The number of aryl methyl sites for hydroxylation is 1. The van der Waals surface area contributed by atoms with Crippen molar-refractivity contribution in [3.8, 4) is 23.7 Å². The molecule has 2 aromatic carbocycles. The first-order chi connectivity index (χ1) is 18.4. The number of allylic oxidation sites excluding steroid dienone is 2. The third-order valence-electron chi connectivity index (χ3n) is 6.27. The Morgan fingerprint density at radius 3 is 2.11 bits per heavy atom. The fourth-order valence-electron chi connectivity index (χ4n) is 4.24. The predicted molar refractivity (Wildman–Crippen MR) is 146 cm³/mol. The monoisotopic (exact) mass is 511 g/mol. The maximum atomic E-state index is 12.0. The SMILES string of the molecule is O=C(O)C[C@H](NC(=O)CCCCCc1cccc(C#CC2=C(C#Cc3ccccc3)CCCC2)c1)C(=O)O. The molecule has 1 aliphatic carbocycles. The summed E-state index contributed by atoms with van der Waals surface area (Å²) < 4.78 is 0. The Kier molecular flexibility index (Phi) is 11.2. The van der Waals surface area contributed by atoms with Crippen molar-refractivity contribution in [2.24, 2.45) is 0 Å². The number of carboxylic acid groups (broad SMARTS) is 2. The van der Waals surface area contributed by atoms with Crippen LogP contribution in [-0.4, -0.2) is 34.1 Å². The third kappa shape index (κ3) is 9.99. The van der Waals surface area contributed by atoms with Gasteiger partial charge in [0.15, 0.2) is 0 Å². The van der Waals surface area contributed by atoms with E-state index < -0.39 is 30.3 Å². The molecule has 0 aromatic heterocycles. The molecule has 3 rings (SSSR count). The number of nitrogens with one attached hydrogen (secondary N) is 1. The average Bonchev–Trinajstić information content (AvgIpc) is 2.91. The Morgan fingerprint density at radius 1 is 0.789 bits per heavy atom. The molecule has 196 valence electrons. The van der Waals surface area contributed by atoms with Gasteiger partial charge in [-0.3, -0.25) is 9.59 Å². The van der Waals surface area contributed by atoms with Crippen LogP contribution in [0.2, 0.25) is 0 Å². The van der Waals surface area contributed by atoms with Crippen LogP contribution in [0.5, 0.6) is 0 Å². The van der Waals surface area contributed by atoms with Crippen LogP contribution >= 0.6 is 0 Å². The number of amides is 1. The lowest BCUT2D eigenvalue weighted by molar-refractivity contribution is -0.147. The molecule has 1 amide bonds. The van der Waals surface area contributed by atoms with Gasteiger partial charge in [-0.15, -0.1) is 0 Å². The van der Waals surface area contributed by atoms with Gasteiger partial charge in [0.05, 0.1) is 6.42 Å². The molecule has 1 atom stereocenters. The van der Waals surface area contributed by atoms with E-state index in [0.29, 0.717) is 6.42 Å².